The van der Waals surface area contributed by atoms with Gasteiger partial charge in [-0.2, -0.15) is 0 Å². The molecular formula is C33H38N2O6. The molecule has 2 amide bonds. The van der Waals surface area contributed by atoms with E-state index >= 15 is 0 Å². The van der Waals surface area contributed by atoms with Gasteiger partial charge >= 0.3 is 5.97 Å². The quantitative estimate of drug-likeness (QED) is 0.230. The van der Waals surface area contributed by atoms with Crippen LogP contribution in [0.4, 0.5) is 0 Å². The maximum atomic E-state index is 14.6. The number of esters is 1. The Morgan fingerprint density at radius 1 is 1.10 bits per heavy atom. The number of ether oxygens (including phenoxy) is 2. The third-order valence-electron chi connectivity index (χ3n) is 8.61. The van der Waals surface area contributed by atoms with Crippen molar-refractivity contribution in [3.8, 4) is 0 Å². The van der Waals surface area contributed by atoms with E-state index in [2.05, 4.69) is 13.2 Å². The number of amides is 2. The molecule has 3 aliphatic heterocycles. The van der Waals surface area contributed by atoms with Crippen molar-refractivity contribution in [2.45, 2.75) is 56.0 Å². The van der Waals surface area contributed by atoms with E-state index in [1.54, 1.807) is 17.1 Å². The number of rotatable bonds is 13. The van der Waals surface area contributed by atoms with Gasteiger partial charge in [0.05, 0.1) is 37.2 Å². The van der Waals surface area contributed by atoms with E-state index in [0.717, 1.165) is 11.1 Å². The lowest BCUT2D eigenvalue weighted by Gasteiger charge is -2.39. The molecule has 5 rings (SSSR count). The number of hydrogen-bond acceptors (Lipinski definition) is 6. The van der Waals surface area contributed by atoms with Gasteiger partial charge in [-0.25, -0.2) is 0 Å². The molecule has 3 heterocycles. The minimum Gasteiger partial charge on any atom is -0.465 e. The molecule has 0 radical (unpaired) electrons. The average Bonchev–Trinajstić information content (AvgIpc) is 3.64. The largest absolute Gasteiger partial charge is 0.465 e. The van der Waals surface area contributed by atoms with Gasteiger partial charge in [-0.05, 0) is 36.8 Å². The molecule has 6 atom stereocenters. The lowest BCUT2D eigenvalue weighted by molar-refractivity contribution is -0.156. The summed E-state index contributed by atoms with van der Waals surface area (Å²) in [6.07, 6.45) is 4.70. The maximum absolute atomic E-state index is 14.6. The topological polar surface area (TPSA) is 96.4 Å². The van der Waals surface area contributed by atoms with Gasteiger partial charge in [-0.15, -0.1) is 13.2 Å². The number of fused-ring (bicyclic) bond motifs is 1. The zero-order valence-electron chi connectivity index (χ0n) is 23.3. The standard InChI is InChI=1S/C33H38N2O6/c1-3-5-19-40-32(39)27-26-16-17-33(41-26)28(27)30(37)35(25(22-36)20-23-12-8-6-9-13-23)29(33)31(38)34(18-4-2)21-24-14-10-7-11-15-24/h3-4,6-15,25-29,36H,1-2,5,16-22H2/t25-,26-,27+,28+,29?,33?/m1/s1. The third kappa shape index (κ3) is 5.34. The van der Waals surface area contributed by atoms with Crippen molar-refractivity contribution in [3.05, 3.63) is 97.1 Å². The second kappa shape index (κ2) is 12.4. The van der Waals surface area contributed by atoms with Crippen LogP contribution in [0.5, 0.6) is 0 Å². The van der Waals surface area contributed by atoms with E-state index in [0.29, 0.717) is 32.2 Å². The van der Waals surface area contributed by atoms with Crippen molar-refractivity contribution < 1.29 is 29.0 Å². The fourth-order valence-corrected chi connectivity index (χ4v) is 6.87. The Hall–Kier alpha value is -3.75. The molecule has 8 nitrogen and oxygen atoms in total. The molecule has 0 saturated carbocycles. The molecule has 0 aliphatic carbocycles. The predicted octanol–water partition coefficient (Wildman–Crippen LogP) is 3.30. The normalized spacial score (nSPS) is 26.9. The van der Waals surface area contributed by atoms with Crippen molar-refractivity contribution >= 4 is 17.8 Å². The van der Waals surface area contributed by atoms with Crippen molar-refractivity contribution in [3.63, 3.8) is 0 Å². The molecule has 41 heavy (non-hydrogen) atoms. The van der Waals surface area contributed by atoms with Crippen molar-refractivity contribution in [1.82, 2.24) is 9.80 Å². The van der Waals surface area contributed by atoms with E-state index in [1.807, 2.05) is 60.7 Å². The lowest BCUT2D eigenvalue weighted by atomic mass is 9.70. The minimum absolute atomic E-state index is 0.170. The number of carbonyl (C=O) groups excluding carboxylic acids is 3. The summed E-state index contributed by atoms with van der Waals surface area (Å²) in [5, 5.41) is 10.6. The minimum atomic E-state index is -1.18. The zero-order chi connectivity index (χ0) is 29.0. The Labute approximate surface area is 241 Å². The Morgan fingerprint density at radius 3 is 2.41 bits per heavy atom. The number of benzene rings is 2. The van der Waals surface area contributed by atoms with Crippen molar-refractivity contribution in [2.24, 2.45) is 11.8 Å². The molecule has 3 fully saturated rings. The number of hydrogen-bond donors (Lipinski definition) is 1. The number of carbonyl (C=O) groups is 3. The summed E-state index contributed by atoms with van der Waals surface area (Å²) in [5.74, 6) is -2.78. The van der Waals surface area contributed by atoms with E-state index in [-0.39, 0.29) is 31.6 Å². The highest BCUT2D eigenvalue weighted by atomic mass is 16.6. The molecule has 2 aromatic rings. The van der Waals surface area contributed by atoms with Gasteiger partial charge in [0.1, 0.15) is 11.6 Å². The van der Waals surface area contributed by atoms with Gasteiger partial charge in [0, 0.05) is 13.1 Å². The van der Waals surface area contributed by atoms with Crippen LogP contribution in [0.25, 0.3) is 0 Å². The van der Waals surface area contributed by atoms with E-state index < -0.39 is 41.6 Å². The SMILES string of the molecule is C=CCCOC(=O)[C@@H]1[C@H]2C(=O)N([C@@H](CO)Cc3ccccc3)C(C(=O)N(CC=C)Cc3ccccc3)C23CC[C@H]1O3. The molecule has 3 aliphatic rings. The van der Waals surface area contributed by atoms with Crippen molar-refractivity contribution in [2.75, 3.05) is 19.8 Å². The van der Waals surface area contributed by atoms with Crippen LogP contribution in [0.2, 0.25) is 0 Å². The van der Waals surface area contributed by atoms with Crippen LogP contribution in [0.15, 0.2) is 86.0 Å². The smallest absolute Gasteiger partial charge is 0.312 e. The average molecular weight is 559 g/mol. The molecule has 2 bridgehead atoms. The summed E-state index contributed by atoms with van der Waals surface area (Å²) in [4.78, 5) is 45.5. The first-order valence-electron chi connectivity index (χ1n) is 14.3. The van der Waals surface area contributed by atoms with Crippen molar-refractivity contribution in [1.29, 1.82) is 0 Å². The van der Waals surface area contributed by atoms with Crippen LogP contribution in [0.1, 0.15) is 30.4 Å². The monoisotopic (exact) mass is 558 g/mol. The Bertz CT molecular complexity index is 1270. The van der Waals surface area contributed by atoms with E-state index in [4.69, 9.17) is 9.47 Å². The summed E-state index contributed by atoms with van der Waals surface area (Å²) in [7, 11) is 0. The van der Waals surface area contributed by atoms with E-state index in [9.17, 15) is 19.5 Å². The third-order valence-corrected chi connectivity index (χ3v) is 8.61. The molecule has 8 heteroatoms. The first-order chi connectivity index (χ1) is 19.9. The molecule has 1 spiro atoms. The van der Waals surface area contributed by atoms with Crippen LogP contribution >= 0.6 is 0 Å². The van der Waals surface area contributed by atoms with E-state index in [1.165, 1.54) is 4.90 Å². The molecular weight excluding hydrogens is 520 g/mol. The highest BCUT2D eigenvalue weighted by Gasteiger charge is 2.75. The number of aliphatic hydroxyl groups excluding tert-OH is 1. The van der Waals surface area contributed by atoms with Gasteiger partial charge in [-0.3, -0.25) is 14.4 Å². The Balaban J connectivity index is 1.54. The summed E-state index contributed by atoms with van der Waals surface area (Å²) in [6, 6.07) is 17.5. The zero-order valence-corrected chi connectivity index (χ0v) is 23.3. The number of likely N-dealkylation sites (tertiary alicyclic amines) is 1. The van der Waals surface area contributed by atoms with Gasteiger partial charge in [0.15, 0.2) is 0 Å². The first-order valence-corrected chi connectivity index (χ1v) is 14.3. The molecule has 216 valence electrons. The van der Waals surface area contributed by atoms with Gasteiger partial charge in [-0.1, -0.05) is 72.8 Å². The molecule has 0 aromatic heterocycles. The molecule has 2 unspecified atom stereocenters. The second-order valence-electron chi connectivity index (χ2n) is 11.1. The highest BCUT2D eigenvalue weighted by Crippen LogP contribution is 2.59. The van der Waals surface area contributed by atoms with Crippen LogP contribution in [-0.2, 0) is 36.8 Å². The lowest BCUT2D eigenvalue weighted by Crippen LogP contribution is -2.59. The van der Waals surface area contributed by atoms with Crippen LogP contribution in [-0.4, -0.2) is 76.2 Å². The van der Waals surface area contributed by atoms with Crippen LogP contribution in [0.3, 0.4) is 0 Å². The summed E-state index contributed by atoms with van der Waals surface area (Å²) in [5.41, 5.74) is 0.690. The predicted molar refractivity (Wildman–Crippen MR) is 153 cm³/mol. The second-order valence-corrected chi connectivity index (χ2v) is 11.1. The fraction of sp³-hybridized carbons (Fsp3) is 0.424. The Morgan fingerprint density at radius 2 is 1.78 bits per heavy atom. The summed E-state index contributed by atoms with van der Waals surface area (Å²) in [6.45, 7) is 7.95. The fourth-order valence-electron chi connectivity index (χ4n) is 6.87. The first kappa shape index (κ1) is 28.8. The Kier molecular flexibility index (Phi) is 8.71. The van der Waals surface area contributed by atoms with Gasteiger partial charge in [0.2, 0.25) is 11.8 Å². The van der Waals surface area contributed by atoms with Crippen LogP contribution < -0.4 is 0 Å². The van der Waals surface area contributed by atoms with Crippen LogP contribution in [0, 0.1) is 11.8 Å². The summed E-state index contributed by atoms with van der Waals surface area (Å²) >= 11 is 0. The molecule has 3 saturated heterocycles. The van der Waals surface area contributed by atoms with Gasteiger partial charge < -0.3 is 24.4 Å². The number of aliphatic hydroxyl groups is 1. The highest BCUT2D eigenvalue weighted by molar-refractivity contribution is 5.98. The molecule has 2 aromatic carbocycles. The summed E-state index contributed by atoms with van der Waals surface area (Å²) < 4.78 is 12.1. The van der Waals surface area contributed by atoms with Gasteiger partial charge in [0.25, 0.3) is 0 Å². The molecule has 1 N–H and O–H groups in total. The maximum Gasteiger partial charge on any atom is 0.312 e. The number of nitrogens with zero attached hydrogens (tertiary/aromatic N) is 2.